The number of pyridine rings is 2. The Kier molecular flexibility index (Phi) is 3.10. The van der Waals surface area contributed by atoms with E-state index in [1.807, 2.05) is 37.4 Å². The number of nitrogens with zero attached hydrogens (tertiary/aromatic N) is 4. The molecule has 96 valence electrons. The number of aromatic nitrogens is 4. The lowest BCUT2D eigenvalue weighted by molar-refractivity contribution is 0.931. The number of hydrogen-bond donors (Lipinski definition) is 1. The minimum atomic E-state index is 0.666. The number of hydrogen-bond acceptors (Lipinski definition) is 4. The molecular weight excluding hydrogens is 238 g/mol. The lowest BCUT2D eigenvalue weighted by Gasteiger charge is -2.01. The molecule has 0 unspecified atom stereocenters. The van der Waals surface area contributed by atoms with Gasteiger partial charge in [0.05, 0.1) is 0 Å². The fraction of sp³-hybridized carbons (Fsp3) is 0.214. The molecule has 0 fully saturated rings. The zero-order valence-electron chi connectivity index (χ0n) is 10.7. The highest BCUT2D eigenvalue weighted by Gasteiger charge is 2.02. The van der Waals surface area contributed by atoms with Gasteiger partial charge in [0, 0.05) is 25.1 Å². The van der Waals surface area contributed by atoms with Crippen molar-refractivity contribution in [2.45, 2.75) is 13.3 Å². The van der Waals surface area contributed by atoms with Gasteiger partial charge in [-0.1, -0.05) is 6.07 Å². The molecule has 0 bridgehead atoms. The Labute approximate surface area is 111 Å². The summed E-state index contributed by atoms with van der Waals surface area (Å²) in [5.41, 5.74) is 3.28. The van der Waals surface area contributed by atoms with Gasteiger partial charge in [0.2, 0.25) is 5.95 Å². The lowest BCUT2D eigenvalue weighted by Crippen LogP contribution is -2.06. The average Bonchev–Trinajstić information content (AvgIpc) is 2.82. The number of rotatable bonds is 4. The predicted molar refractivity (Wildman–Crippen MR) is 74.2 cm³/mol. The molecule has 0 aliphatic carbocycles. The van der Waals surface area contributed by atoms with Gasteiger partial charge in [0.25, 0.3) is 0 Å². The van der Waals surface area contributed by atoms with Crippen LogP contribution in [0.1, 0.15) is 11.1 Å². The molecule has 3 rings (SSSR count). The van der Waals surface area contributed by atoms with Crippen LogP contribution in [-0.4, -0.2) is 26.1 Å². The molecule has 3 heterocycles. The van der Waals surface area contributed by atoms with E-state index in [1.165, 1.54) is 11.1 Å². The fourth-order valence-electron chi connectivity index (χ4n) is 1.93. The van der Waals surface area contributed by atoms with Crippen molar-refractivity contribution in [3.05, 3.63) is 54.0 Å². The van der Waals surface area contributed by atoms with E-state index < -0.39 is 0 Å². The summed E-state index contributed by atoms with van der Waals surface area (Å²) in [6.07, 6.45) is 6.51. The number of aryl methyl sites for hydroxylation is 1. The number of anilines is 1. The van der Waals surface area contributed by atoms with Crippen LogP contribution in [0.15, 0.2) is 42.9 Å². The van der Waals surface area contributed by atoms with E-state index in [0.29, 0.717) is 5.95 Å². The third-order valence-electron chi connectivity index (χ3n) is 2.92. The third-order valence-corrected chi connectivity index (χ3v) is 2.92. The van der Waals surface area contributed by atoms with Crippen LogP contribution in [-0.2, 0) is 6.42 Å². The molecular formula is C14H15N5. The summed E-state index contributed by atoms with van der Waals surface area (Å²) >= 11 is 0. The Morgan fingerprint density at radius 3 is 2.84 bits per heavy atom. The van der Waals surface area contributed by atoms with Crippen LogP contribution in [0.5, 0.6) is 0 Å². The Bertz CT molecular complexity index is 675. The van der Waals surface area contributed by atoms with Crippen LogP contribution in [0.4, 0.5) is 5.95 Å². The second-order valence-corrected chi connectivity index (χ2v) is 4.48. The molecule has 19 heavy (non-hydrogen) atoms. The zero-order chi connectivity index (χ0) is 13.1. The maximum absolute atomic E-state index is 4.41. The minimum Gasteiger partial charge on any atom is -0.353 e. The van der Waals surface area contributed by atoms with Crippen molar-refractivity contribution in [3.63, 3.8) is 0 Å². The van der Waals surface area contributed by atoms with E-state index in [4.69, 9.17) is 0 Å². The van der Waals surface area contributed by atoms with Crippen molar-refractivity contribution in [3.8, 4) is 0 Å². The normalized spacial score (nSPS) is 10.8. The van der Waals surface area contributed by atoms with E-state index in [2.05, 4.69) is 20.4 Å². The van der Waals surface area contributed by atoms with Gasteiger partial charge in [0.15, 0.2) is 5.65 Å². The van der Waals surface area contributed by atoms with Gasteiger partial charge in [-0.3, -0.25) is 4.98 Å². The molecule has 0 aliphatic heterocycles. The SMILES string of the molecule is Cc1ccc2nc(NCCc3ccncc3)nn2c1. The molecule has 0 aliphatic rings. The van der Waals surface area contributed by atoms with Crippen molar-refractivity contribution in [2.24, 2.45) is 0 Å². The summed E-state index contributed by atoms with van der Waals surface area (Å²) in [5, 5.41) is 7.63. The Morgan fingerprint density at radius 1 is 1.16 bits per heavy atom. The molecule has 5 heteroatoms. The summed E-state index contributed by atoms with van der Waals surface area (Å²) in [6, 6.07) is 8.03. The Hall–Kier alpha value is -2.43. The van der Waals surface area contributed by atoms with Crippen LogP contribution in [0.3, 0.4) is 0 Å². The highest BCUT2D eigenvalue weighted by atomic mass is 15.3. The standard InChI is InChI=1S/C14H15N5/c1-11-2-3-13-17-14(18-19(13)10-11)16-9-6-12-4-7-15-8-5-12/h2-5,7-8,10H,6,9H2,1H3,(H,16,18). The summed E-state index contributed by atoms with van der Waals surface area (Å²) in [7, 11) is 0. The molecule has 5 nitrogen and oxygen atoms in total. The first-order valence-electron chi connectivity index (χ1n) is 6.27. The number of fused-ring (bicyclic) bond motifs is 1. The van der Waals surface area contributed by atoms with Crippen molar-refractivity contribution in [2.75, 3.05) is 11.9 Å². The molecule has 0 aromatic carbocycles. The highest BCUT2D eigenvalue weighted by molar-refractivity contribution is 5.44. The van der Waals surface area contributed by atoms with Crippen molar-refractivity contribution in [1.82, 2.24) is 19.6 Å². The quantitative estimate of drug-likeness (QED) is 0.773. The van der Waals surface area contributed by atoms with E-state index in [-0.39, 0.29) is 0 Å². The van der Waals surface area contributed by atoms with Crippen molar-refractivity contribution in [1.29, 1.82) is 0 Å². The van der Waals surface area contributed by atoms with Gasteiger partial charge in [-0.05, 0) is 42.7 Å². The first kappa shape index (κ1) is 11.6. The van der Waals surface area contributed by atoms with E-state index in [1.54, 1.807) is 16.9 Å². The topological polar surface area (TPSA) is 55.1 Å². The van der Waals surface area contributed by atoms with Gasteiger partial charge in [-0.15, -0.1) is 5.10 Å². The molecule has 0 spiro atoms. The second kappa shape index (κ2) is 5.06. The molecule has 0 saturated heterocycles. The zero-order valence-corrected chi connectivity index (χ0v) is 10.7. The van der Waals surface area contributed by atoms with Gasteiger partial charge in [0.1, 0.15) is 0 Å². The van der Waals surface area contributed by atoms with Crippen molar-refractivity contribution >= 4 is 11.6 Å². The van der Waals surface area contributed by atoms with E-state index >= 15 is 0 Å². The maximum atomic E-state index is 4.41. The maximum Gasteiger partial charge on any atom is 0.243 e. The monoisotopic (exact) mass is 253 g/mol. The molecule has 3 aromatic heterocycles. The largest absolute Gasteiger partial charge is 0.353 e. The first-order valence-corrected chi connectivity index (χ1v) is 6.27. The van der Waals surface area contributed by atoms with Crippen LogP contribution in [0.2, 0.25) is 0 Å². The van der Waals surface area contributed by atoms with Gasteiger partial charge >= 0.3 is 0 Å². The van der Waals surface area contributed by atoms with Gasteiger partial charge in [-0.2, -0.15) is 4.98 Å². The average molecular weight is 253 g/mol. The van der Waals surface area contributed by atoms with Gasteiger partial charge in [-0.25, -0.2) is 4.52 Å². The fourth-order valence-corrected chi connectivity index (χ4v) is 1.93. The Balaban J connectivity index is 1.65. The highest BCUT2D eigenvalue weighted by Crippen LogP contribution is 2.07. The molecule has 0 radical (unpaired) electrons. The van der Waals surface area contributed by atoms with E-state index in [0.717, 1.165) is 18.6 Å². The van der Waals surface area contributed by atoms with Crippen LogP contribution in [0, 0.1) is 6.92 Å². The summed E-state index contributed by atoms with van der Waals surface area (Å²) in [4.78, 5) is 8.41. The van der Waals surface area contributed by atoms with Crippen LogP contribution in [0.25, 0.3) is 5.65 Å². The summed E-state index contributed by atoms with van der Waals surface area (Å²) < 4.78 is 1.80. The minimum absolute atomic E-state index is 0.666. The second-order valence-electron chi connectivity index (χ2n) is 4.48. The first-order chi connectivity index (χ1) is 9.31. The number of nitrogens with one attached hydrogen (secondary N) is 1. The molecule has 1 N–H and O–H groups in total. The molecule has 0 amide bonds. The van der Waals surface area contributed by atoms with Crippen LogP contribution < -0.4 is 5.32 Å². The lowest BCUT2D eigenvalue weighted by atomic mass is 10.2. The Morgan fingerprint density at radius 2 is 2.00 bits per heavy atom. The third kappa shape index (κ3) is 2.70. The van der Waals surface area contributed by atoms with Gasteiger partial charge < -0.3 is 5.32 Å². The summed E-state index contributed by atoms with van der Waals surface area (Å²) in [5.74, 6) is 0.666. The smallest absolute Gasteiger partial charge is 0.243 e. The van der Waals surface area contributed by atoms with E-state index in [9.17, 15) is 0 Å². The summed E-state index contributed by atoms with van der Waals surface area (Å²) in [6.45, 7) is 2.84. The predicted octanol–water partition coefficient (Wildman–Crippen LogP) is 2.09. The van der Waals surface area contributed by atoms with Crippen molar-refractivity contribution < 1.29 is 0 Å². The molecule has 3 aromatic rings. The van der Waals surface area contributed by atoms with Crippen LogP contribution >= 0.6 is 0 Å². The molecule has 0 atom stereocenters. The molecule has 0 saturated carbocycles.